The maximum Gasteiger partial charge on any atom is 0.267 e. The number of aromatic nitrogens is 2. The van der Waals surface area contributed by atoms with Crippen LogP contribution in [0.25, 0.3) is 0 Å². The smallest absolute Gasteiger partial charge is 0.267 e. The second-order valence-corrected chi connectivity index (χ2v) is 4.66. The number of ether oxygens (including phenoxy) is 1. The fourth-order valence-corrected chi connectivity index (χ4v) is 1.72. The first-order valence-electron chi connectivity index (χ1n) is 5.90. The highest BCUT2D eigenvalue weighted by Gasteiger charge is 2.31. The summed E-state index contributed by atoms with van der Waals surface area (Å²) in [7, 11) is 0. The van der Waals surface area contributed by atoms with Crippen molar-refractivity contribution in [1.82, 2.24) is 15.1 Å². The fourth-order valence-electron chi connectivity index (χ4n) is 1.72. The first-order valence-corrected chi connectivity index (χ1v) is 5.90. The van der Waals surface area contributed by atoms with Crippen molar-refractivity contribution in [1.29, 1.82) is 0 Å². The zero-order valence-corrected chi connectivity index (χ0v) is 10.2. The van der Waals surface area contributed by atoms with Crippen LogP contribution in [0, 0.1) is 0 Å². The third-order valence-corrected chi connectivity index (χ3v) is 2.82. The standard InChI is InChI=1S/C11H17F2N3O2/c1-11(17,10(12)13)7-14-6-8-5-9-16(15-8)3-2-4-18-9/h5,10,14,17H,2-4,6-7H2,1H3. The number of hydrogen-bond donors (Lipinski definition) is 2. The summed E-state index contributed by atoms with van der Waals surface area (Å²) in [5.41, 5.74) is -1.30. The van der Waals surface area contributed by atoms with Crippen LogP contribution in [0.1, 0.15) is 19.0 Å². The van der Waals surface area contributed by atoms with Crippen LogP contribution in [-0.2, 0) is 13.1 Å². The molecule has 1 unspecified atom stereocenters. The molecule has 1 atom stereocenters. The molecule has 2 N–H and O–H groups in total. The minimum Gasteiger partial charge on any atom is -0.478 e. The molecule has 102 valence electrons. The third-order valence-electron chi connectivity index (χ3n) is 2.82. The summed E-state index contributed by atoms with van der Waals surface area (Å²) in [6.45, 7) is 2.73. The van der Waals surface area contributed by atoms with E-state index < -0.39 is 12.0 Å². The van der Waals surface area contributed by atoms with Crippen LogP contribution in [0.15, 0.2) is 6.07 Å². The van der Waals surface area contributed by atoms with Gasteiger partial charge in [0.1, 0.15) is 5.60 Å². The quantitative estimate of drug-likeness (QED) is 0.822. The predicted octanol–water partition coefficient (Wildman–Crippen LogP) is 0.771. The Morgan fingerprint density at radius 2 is 2.44 bits per heavy atom. The van der Waals surface area contributed by atoms with E-state index >= 15 is 0 Å². The number of aliphatic hydroxyl groups is 1. The van der Waals surface area contributed by atoms with E-state index in [9.17, 15) is 13.9 Å². The monoisotopic (exact) mass is 261 g/mol. The predicted molar refractivity (Wildman–Crippen MR) is 60.7 cm³/mol. The molecule has 2 rings (SSSR count). The zero-order chi connectivity index (χ0) is 13.2. The second-order valence-electron chi connectivity index (χ2n) is 4.66. The zero-order valence-electron chi connectivity index (χ0n) is 10.2. The van der Waals surface area contributed by atoms with Crippen LogP contribution in [-0.4, -0.2) is 40.1 Å². The molecule has 0 radical (unpaired) electrons. The molecule has 0 aromatic carbocycles. The summed E-state index contributed by atoms with van der Waals surface area (Å²) in [4.78, 5) is 0. The Labute approximate surface area is 104 Å². The lowest BCUT2D eigenvalue weighted by Crippen LogP contribution is -2.43. The van der Waals surface area contributed by atoms with Gasteiger partial charge in [0.15, 0.2) is 0 Å². The van der Waals surface area contributed by atoms with Crippen molar-refractivity contribution in [3.05, 3.63) is 11.8 Å². The minimum atomic E-state index is -2.77. The lowest BCUT2D eigenvalue weighted by molar-refractivity contribution is -0.0809. The Kier molecular flexibility index (Phi) is 3.82. The van der Waals surface area contributed by atoms with Crippen LogP contribution in [0.5, 0.6) is 5.88 Å². The molecule has 0 saturated carbocycles. The minimum absolute atomic E-state index is 0.187. The molecule has 0 fully saturated rings. The van der Waals surface area contributed by atoms with Gasteiger partial charge in [0, 0.05) is 32.1 Å². The van der Waals surface area contributed by atoms with E-state index in [1.165, 1.54) is 0 Å². The van der Waals surface area contributed by atoms with Crippen molar-refractivity contribution in [2.75, 3.05) is 13.2 Å². The fraction of sp³-hybridized carbons (Fsp3) is 0.727. The highest BCUT2D eigenvalue weighted by molar-refractivity contribution is 5.17. The van der Waals surface area contributed by atoms with Crippen molar-refractivity contribution in [3.8, 4) is 5.88 Å². The summed E-state index contributed by atoms with van der Waals surface area (Å²) >= 11 is 0. The van der Waals surface area contributed by atoms with Gasteiger partial charge in [-0.25, -0.2) is 13.5 Å². The van der Waals surface area contributed by atoms with Gasteiger partial charge in [-0.2, -0.15) is 5.10 Å². The lowest BCUT2D eigenvalue weighted by Gasteiger charge is -2.22. The Balaban J connectivity index is 1.85. The van der Waals surface area contributed by atoms with Crippen LogP contribution in [0.3, 0.4) is 0 Å². The Bertz CT molecular complexity index is 383. The van der Waals surface area contributed by atoms with E-state index in [1.807, 2.05) is 0 Å². The average molecular weight is 261 g/mol. The SMILES string of the molecule is CC(O)(CNCc1cc2n(n1)CCCO2)C(F)F. The summed E-state index contributed by atoms with van der Waals surface area (Å²) < 4.78 is 31.9. The Morgan fingerprint density at radius 1 is 1.67 bits per heavy atom. The van der Waals surface area contributed by atoms with Crippen LogP contribution >= 0.6 is 0 Å². The average Bonchev–Trinajstić information content (AvgIpc) is 2.70. The van der Waals surface area contributed by atoms with E-state index in [-0.39, 0.29) is 6.54 Å². The molecule has 5 nitrogen and oxygen atoms in total. The van der Waals surface area contributed by atoms with Crippen LogP contribution in [0.4, 0.5) is 8.78 Å². The molecule has 2 heterocycles. The van der Waals surface area contributed by atoms with Gasteiger partial charge < -0.3 is 15.2 Å². The third kappa shape index (κ3) is 2.97. The number of hydrogen-bond acceptors (Lipinski definition) is 4. The molecule has 0 bridgehead atoms. The topological polar surface area (TPSA) is 59.3 Å². The number of nitrogens with zero attached hydrogens (tertiary/aromatic N) is 2. The van der Waals surface area contributed by atoms with Gasteiger partial charge in [0.2, 0.25) is 5.88 Å². The number of aryl methyl sites for hydroxylation is 1. The van der Waals surface area contributed by atoms with Gasteiger partial charge in [-0.15, -0.1) is 0 Å². The van der Waals surface area contributed by atoms with Crippen molar-refractivity contribution in [2.24, 2.45) is 0 Å². The van der Waals surface area contributed by atoms with Gasteiger partial charge in [-0.3, -0.25) is 0 Å². The summed E-state index contributed by atoms with van der Waals surface area (Å²) in [6.07, 6.45) is -1.86. The van der Waals surface area contributed by atoms with Gasteiger partial charge in [-0.1, -0.05) is 0 Å². The number of rotatable bonds is 5. The molecule has 0 amide bonds. The molecule has 1 aliphatic rings. The Morgan fingerprint density at radius 3 is 3.11 bits per heavy atom. The van der Waals surface area contributed by atoms with E-state index in [0.717, 1.165) is 25.6 Å². The van der Waals surface area contributed by atoms with Crippen LogP contribution < -0.4 is 10.1 Å². The van der Waals surface area contributed by atoms with Gasteiger partial charge in [-0.05, 0) is 6.92 Å². The first kappa shape index (κ1) is 13.2. The van der Waals surface area contributed by atoms with Gasteiger partial charge in [0.05, 0.1) is 12.3 Å². The maximum absolute atomic E-state index is 12.4. The molecule has 7 heteroatoms. The normalized spacial score (nSPS) is 18.3. The largest absolute Gasteiger partial charge is 0.478 e. The molecule has 1 aromatic heterocycles. The summed E-state index contributed by atoms with van der Waals surface area (Å²) in [6, 6.07) is 1.78. The second kappa shape index (κ2) is 5.19. The highest BCUT2D eigenvalue weighted by Crippen LogP contribution is 2.18. The van der Waals surface area contributed by atoms with Crippen molar-refractivity contribution in [3.63, 3.8) is 0 Å². The molecule has 0 aliphatic carbocycles. The van der Waals surface area contributed by atoms with E-state index in [0.29, 0.717) is 19.0 Å². The number of fused-ring (bicyclic) bond motifs is 1. The maximum atomic E-state index is 12.4. The van der Waals surface area contributed by atoms with Crippen molar-refractivity contribution >= 4 is 0 Å². The van der Waals surface area contributed by atoms with E-state index in [4.69, 9.17) is 4.74 Å². The van der Waals surface area contributed by atoms with Gasteiger partial charge in [0.25, 0.3) is 6.43 Å². The molecular weight excluding hydrogens is 244 g/mol. The molecule has 1 aliphatic heterocycles. The first-order chi connectivity index (χ1) is 8.49. The summed E-state index contributed by atoms with van der Waals surface area (Å²) in [5.74, 6) is 0.707. The highest BCUT2D eigenvalue weighted by atomic mass is 19.3. The molecule has 0 spiro atoms. The molecule has 1 aromatic rings. The Hall–Kier alpha value is -1.21. The van der Waals surface area contributed by atoms with E-state index in [2.05, 4.69) is 10.4 Å². The number of nitrogens with one attached hydrogen (secondary N) is 1. The van der Waals surface area contributed by atoms with Crippen molar-refractivity contribution < 1.29 is 18.6 Å². The molecule has 0 saturated heterocycles. The molecule has 18 heavy (non-hydrogen) atoms. The number of alkyl halides is 2. The number of halogens is 2. The van der Waals surface area contributed by atoms with Gasteiger partial charge >= 0.3 is 0 Å². The molecular formula is C11H17F2N3O2. The van der Waals surface area contributed by atoms with Crippen molar-refractivity contribution in [2.45, 2.75) is 38.5 Å². The van der Waals surface area contributed by atoms with Crippen LogP contribution in [0.2, 0.25) is 0 Å². The summed E-state index contributed by atoms with van der Waals surface area (Å²) in [5, 5.41) is 16.4. The lowest BCUT2D eigenvalue weighted by atomic mass is 10.1. The van der Waals surface area contributed by atoms with E-state index in [1.54, 1.807) is 10.7 Å².